The van der Waals surface area contributed by atoms with Gasteiger partial charge in [-0.15, -0.1) is 0 Å². The topological polar surface area (TPSA) is 112 Å². The molecular weight excluding hydrogens is 742 g/mol. The Morgan fingerprint density at radius 1 is 0.729 bits per heavy atom. The second kappa shape index (κ2) is 23.8. The number of allylic oxidation sites excluding steroid dienone is 4. The lowest BCUT2D eigenvalue weighted by Crippen LogP contribution is -2.49. The van der Waals surface area contributed by atoms with E-state index in [0.29, 0.717) is 45.3 Å². The standard InChI is InChI=1S/C23H30BNO4.C20H26BNO4.C4H6/c1-4-28-21(26)18-13-9-8-12-17(18)15-20-19(14-16-10-6-5-7-11-16)25(22(24)27)23(2,3)29-20;1-4-25-18(23)13-9-8-12-17-16(14-15-10-6-5-7-11-15)22(19(21)24)20(2,3)26-17;1-3-4-2/h5-11,17-20H,4,12-15H2,1-3H3;5-11,16-17H,4,12-14H2,1-3H3;3-4H,1-2H2/b;9-8+;/t17?,18?,19-,20+;16-,17+;/m00./s1. The van der Waals surface area contributed by atoms with Crippen molar-refractivity contribution >= 4 is 39.2 Å². The SMILES string of the molecule is C=CC=C.[B]C(=O)N1[C@@H](Cc2ccccc2)[C@@H](C/C=C/CC(=O)OCC)OC1(C)C.[B]C(=O)N1[C@@H](Cc2ccccc2)[C@@H](CC2CC=CCC2C(=O)OCC)OC1(C)C. The van der Waals surface area contributed by atoms with Gasteiger partial charge in [0.05, 0.1) is 49.8 Å². The van der Waals surface area contributed by atoms with Crippen LogP contribution in [0.4, 0.5) is 9.59 Å². The molecule has 2 saturated heterocycles. The first-order valence-corrected chi connectivity index (χ1v) is 20.6. The monoisotopic (exact) mass is 804 g/mol. The smallest absolute Gasteiger partial charge is 0.309 e. The lowest BCUT2D eigenvalue weighted by Gasteiger charge is -2.34. The van der Waals surface area contributed by atoms with E-state index in [-0.39, 0.29) is 54.5 Å². The molecule has 2 fully saturated rings. The molecule has 0 bridgehead atoms. The molecule has 0 spiro atoms. The second-order valence-corrected chi connectivity index (χ2v) is 15.6. The zero-order valence-corrected chi connectivity index (χ0v) is 35.8. The Morgan fingerprint density at radius 3 is 1.68 bits per heavy atom. The molecule has 4 radical (unpaired) electrons. The van der Waals surface area contributed by atoms with Crippen LogP contribution in [0.2, 0.25) is 0 Å². The van der Waals surface area contributed by atoms with Crippen LogP contribution in [0.3, 0.4) is 0 Å². The van der Waals surface area contributed by atoms with Gasteiger partial charge < -0.3 is 28.7 Å². The summed E-state index contributed by atoms with van der Waals surface area (Å²) in [5, 5.41) is 0. The lowest BCUT2D eigenvalue weighted by atomic mass is 9.78. The number of nitrogens with zero attached hydrogens (tertiary/aromatic N) is 2. The minimum Gasteiger partial charge on any atom is -0.466 e. The van der Waals surface area contributed by atoms with E-state index in [1.165, 1.54) is 0 Å². The number of amides is 2. The molecule has 59 heavy (non-hydrogen) atoms. The van der Waals surface area contributed by atoms with Gasteiger partial charge in [0.1, 0.15) is 11.4 Å². The van der Waals surface area contributed by atoms with E-state index in [1.807, 2.05) is 101 Å². The van der Waals surface area contributed by atoms with Crippen molar-refractivity contribution < 1.29 is 38.1 Å². The molecule has 2 amide bonds. The van der Waals surface area contributed by atoms with E-state index in [0.717, 1.165) is 17.5 Å². The third-order valence-electron chi connectivity index (χ3n) is 10.6. The summed E-state index contributed by atoms with van der Waals surface area (Å²) in [6, 6.07) is 19.6. The number of carbonyl (C=O) groups excluding carboxylic acids is 4. The molecule has 12 heteroatoms. The van der Waals surface area contributed by atoms with Crippen molar-refractivity contribution in [3.05, 3.63) is 121 Å². The third-order valence-corrected chi connectivity index (χ3v) is 10.6. The molecule has 5 rings (SSSR count). The largest absolute Gasteiger partial charge is 0.466 e. The van der Waals surface area contributed by atoms with Crippen LogP contribution in [-0.2, 0) is 41.4 Å². The van der Waals surface area contributed by atoms with Gasteiger partial charge in [0.2, 0.25) is 15.7 Å². The fourth-order valence-corrected chi connectivity index (χ4v) is 8.16. The van der Waals surface area contributed by atoms with Gasteiger partial charge in [-0.1, -0.05) is 110 Å². The molecule has 2 heterocycles. The molecule has 0 saturated carbocycles. The van der Waals surface area contributed by atoms with Crippen LogP contribution in [0.1, 0.15) is 84.8 Å². The van der Waals surface area contributed by atoms with E-state index in [2.05, 4.69) is 25.3 Å². The predicted molar refractivity (Wildman–Crippen MR) is 234 cm³/mol. The van der Waals surface area contributed by atoms with Crippen molar-refractivity contribution in [3.63, 3.8) is 0 Å². The molecule has 0 aromatic heterocycles. The third kappa shape index (κ3) is 14.5. The van der Waals surface area contributed by atoms with Crippen LogP contribution in [0.15, 0.2) is 110 Å². The maximum absolute atomic E-state index is 12.5. The number of hydrogen-bond donors (Lipinski definition) is 0. The van der Waals surface area contributed by atoms with Crippen LogP contribution in [0.25, 0.3) is 0 Å². The molecule has 10 nitrogen and oxygen atoms in total. The van der Waals surface area contributed by atoms with Gasteiger partial charge in [-0.2, -0.15) is 0 Å². The van der Waals surface area contributed by atoms with Crippen LogP contribution < -0.4 is 0 Å². The number of benzene rings is 2. The van der Waals surface area contributed by atoms with E-state index >= 15 is 0 Å². The first-order valence-electron chi connectivity index (χ1n) is 20.6. The molecule has 3 aliphatic rings. The summed E-state index contributed by atoms with van der Waals surface area (Å²) in [6.07, 6.45) is 15.0. The summed E-state index contributed by atoms with van der Waals surface area (Å²) in [6.45, 7) is 18.5. The van der Waals surface area contributed by atoms with Crippen LogP contribution in [0, 0.1) is 11.8 Å². The van der Waals surface area contributed by atoms with E-state index in [1.54, 1.807) is 35.0 Å². The zero-order chi connectivity index (χ0) is 43.6. The summed E-state index contributed by atoms with van der Waals surface area (Å²) >= 11 is 0. The minimum atomic E-state index is -0.792. The minimum absolute atomic E-state index is 0.117. The molecular formula is C47H62B2N2O8. The van der Waals surface area contributed by atoms with Gasteiger partial charge in [-0.3, -0.25) is 19.2 Å². The Bertz CT molecular complexity index is 1730. The van der Waals surface area contributed by atoms with Gasteiger partial charge in [0.25, 0.3) is 0 Å². The van der Waals surface area contributed by atoms with Crippen molar-refractivity contribution in [1.82, 2.24) is 9.80 Å². The number of rotatable bonds is 14. The maximum Gasteiger partial charge on any atom is 0.309 e. The van der Waals surface area contributed by atoms with Crippen molar-refractivity contribution in [2.75, 3.05) is 13.2 Å². The number of esters is 2. The maximum atomic E-state index is 12.5. The Balaban J connectivity index is 0.000000291. The number of carbonyl (C=O) groups is 4. The van der Waals surface area contributed by atoms with Crippen LogP contribution in [0.5, 0.6) is 0 Å². The summed E-state index contributed by atoms with van der Waals surface area (Å²) in [5.41, 5.74) is 0.677. The highest BCUT2D eigenvalue weighted by atomic mass is 16.6. The van der Waals surface area contributed by atoms with E-state index < -0.39 is 23.1 Å². The molecule has 314 valence electrons. The van der Waals surface area contributed by atoms with Gasteiger partial charge in [0, 0.05) is 0 Å². The first kappa shape index (κ1) is 48.7. The molecule has 2 aromatic carbocycles. The highest BCUT2D eigenvalue weighted by Gasteiger charge is 2.50. The number of ether oxygens (including phenoxy) is 4. The molecule has 0 N–H and O–H groups in total. The van der Waals surface area contributed by atoms with E-state index in [4.69, 9.17) is 34.6 Å². The predicted octanol–water partition coefficient (Wildman–Crippen LogP) is 8.44. The zero-order valence-electron chi connectivity index (χ0n) is 35.8. The van der Waals surface area contributed by atoms with Crippen molar-refractivity contribution in [3.8, 4) is 0 Å². The lowest BCUT2D eigenvalue weighted by molar-refractivity contribution is -0.151. The molecule has 2 aliphatic heterocycles. The average Bonchev–Trinajstić information content (AvgIpc) is 3.60. The summed E-state index contributed by atoms with van der Waals surface area (Å²) < 4.78 is 22.7. The van der Waals surface area contributed by atoms with Gasteiger partial charge in [-0.05, 0) is 97.1 Å². The van der Waals surface area contributed by atoms with E-state index in [9.17, 15) is 19.2 Å². The van der Waals surface area contributed by atoms with Gasteiger partial charge in [0.15, 0.2) is 11.6 Å². The van der Waals surface area contributed by atoms with Gasteiger partial charge in [-0.25, -0.2) is 0 Å². The first-order chi connectivity index (χ1) is 28.1. The van der Waals surface area contributed by atoms with Crippen molar-refractivity contribution in [2.45, 2.75) is 122 Å². The van der Waals surface area contributed by atoms with Crippen molar-refractivity contribution in [2.24, 2.45) is 11.8 Å². The Labute approximate surface area is 354 Å². The van der Waals surface area contributed by atoms with Crippen LogP contribution >= 0.6 is 0 Å². The molecule has 2 aromatic rings. The molecule has 1 aliphatic carbocycles. The fraction of sp³-hybridized carbons (Fsp3) is 0.489. The number of hydrogen-bond acceptors (Lipinski definition) is 8. The Hall–Kier alpha value is -4.67. The summed E-state index contributed by atoms with van der Waals surface area (Å²) in [7, 11) is 11.4. The Kier molecular flexibility index (Phi) is 19.6. The second-order valence-electron chi connectivity index (χ2n) is 15.6. The summed E-state index contributed by atoms with van der Waals surface area (Å²) in [4.78, 5) is 51.5. The normalized spacial score (nSPS) is 23.9. The fourth-order valence-electron chi connectivity index (χ4n) is 8.16. The Morgan fingerprint density at radius 2 is 1.20 bits per heavy atom. The van der Waals surface area contributed by atoms with Gasteiger partial charge >= 0.3 is 11.9 Å². The average molecular weight is 805 g/mol. The highest BCUT2D eigenvalue weighted by molar-refractivity contribution is 6.57. The van der Waals surface area contributed by atoms with Crippen molar-refractivity contribution in [1.29, 1.82) is 0 Å². The quantitative estimate of drug-likeness (QED) is 0.0810. The summed E-state index contributed by atoms with van der Waals surface area (Å²) in [5.74, 6) is -1.43. The van der Waals surface area contributed by atoms with Crippen LogP contribution in [-0.4, -0.2) is 98.0 Å². The molecule has 6 atom stereocenters. The highest BCUT2D eigenvalue weighted by Crippen LogP contribution is 2.40. The molecule has 2 unspecified atom stereocenters.